The van der Waals surface area contributed by atoms with E-state index in [2.05, 4.69) is 24.9 Å². The zero-order valence-electron chi connectivity index (χ0n) is 14.0. The lowest BCUT2D eigenvalue weighted by Gasteiger charge is -2.06. The average molecular weight is 385 g/mol. The molecule has 0 spiro atoms. The van der Waals surface area contributed by atoms with Crippen molar-refractivity contribution in [1.29, 1.82) is 0 Å². The number of amides is 1. The zero-order valence-corrected chi connectivity index (χ0v) is 14.8. The molecule has 4 N–H and O–H groups in total. The molecule has 0 aliphatic carbocycles. The van der Waals surface area contributed by atoms with Crippen LogP contribution in [0.15, 0.2) is 47.3 Å². The molecule has 3 aromatic rings. The van der Waals surface area contributed by atoms with E-state index in [1.807, 2.05) is 0 Å². The molecular formula is C16H15N7O3S. The number of carbonyl (C=O) groups excluding carboxylic acids is 1. The second-order valence-electron chi connectivity index (χ2n) is 5.12. The Bertz CT molecular complexity index is 925. The zero-order chi connectivity index (χ0) is 19.1. The van der Waals surface area contributed by atoms with E-state index in [4.69, 9.17) is 20.9 Å². The molecule has 0 aliphatic rings. The van der Waals surface area contributed by atoms with Gasteiger partial charge in [-0.2, -0.15) is 0 Å². The van der Waals surface area contributed by atoms with Crippen molar-refractivity contribution < 1.29 is 14.3 Å². The summed E-state index contributed by atoms with van der Waals surface area (Å²) in [5.41, 5.74) is 13.8. The van der Waals surface area contributed by atoms with Gasteiger partial charge in [0.15, 0.2) is 5.96 Å². The Morgan fingerprint density at radius 2 is 1.96 bits per heavy atom. The summed E-state index contributed by atoms with van der Waals surface area (Å²) < 4.78 is 10.4. The molecule has 0 unspecified atom stereocenters. The van der Waals surface area contributed by atoms with Gasteiger partial charge in [-0.3, -0.25) is 4.98 Å². The number of aromatic nitrogens is 4. The second kappa shape index (κ2) is 8.67. The third-order valence-corrected chi connectivity index (χ3v) is 3.87. The molecule has 0 aromatic carbocycles. The minimum atomic E-state index is -0.882. The highest BCUT2D eigenvalue weighted by Crippen LogP contribution is 2.18. The van der Waals surface area contributed by atoms with Crippen molar-refractivity contribution in [2.75, 3.05) is 0 Å². The topological polar surface area (TPSA) is 151 Å². The summed E-state index contributed by atoms with van der Waals surface area (Å²) in [6.07, 6.45) is 4.06. The molecule has 1 amide bonds. The Kier molecular flexibility index (Phi) is 5.84. The van der Waals surface area contributed by atoms with Crippen LogP contribution in [0.3, 0.4) is 0 Å². The van der Waals surface area contributed by atoms with Crippen LogP contribution in [0.4, 0.5) is 4.79 Å². The fourth-order valence-corrected chi connectivity index (χ4v) is 2.47. The van der Waals surface area contributed by atoms with Gasteiger partial charge in [0.05, 0.1) is 21.8 Å². The first-order valence-corrected chi connectivity index (χ1v) is 8.53. The number of rotatable bonds is 6. The lowest BCUT2D eigenvalue weighted by molar-refractivity contribution is 0.149. The number of nitrogens with zero attached hydrogens (tertiary/aromatic N) is 5. The summed E-state index contributed by atoms with van der Waals surface area (Å²) in [7, 11) is 0. The molecule has 138 valence electrons. The van der Waals surface area contributed by atoms with E-state index in [-0.39, 0.29) is 18.6 Å². The highest BCUT2D eigenvalue weighted by molar-refractivity contribution is 7.09. The lowest BCUT2D eigenvalue weighted by Crippen LogP contribution is -2.24. The SMILES string of the molecule is NC(N)=NC(=O)OCc1cccc(-c2cnc(OCc3cncs3)nc2)n1. The monoisotopic (exact) mass is 385 g/mol. The molecule has 10 nitrogen and oxygen atoms in total. The van der Waals surface area contributed by atoms with E-state index < -0.39 is 6.09 Å². The van der Waals surface area contributed by atoms with Gasteiger partial charge in [-0.1, -0.05) is 6.07 Å². The number of guanidine groups is 1. The first kappa shape index (κ1) is 18.2. The molecule has 11 heteroatoms. The van der Waals surface area contributed by atoms with Gasteiger partial charge < -0.3 is 20.9 Å². The number of aliphatic imine (C=N–C) groups is 1. The van der Waals surface area contributed by atoms with E-state index in [0.29, 0.717) is 23.6 Å². The van der Waals surface area contributed by atoms with Crippen LogP contribution in [0.2, 0.25) is 0 Å². The molecule has 0 fully saturated rings. The van der Waals surface area contributed by atoms with E-state index in [1.165, 1.54) is 11.3 Å². The van der Waals surface area contributed by atoms with Gasteiger partial charge in [0.1, 0.15) is 13.2 Å². The van der Waals surface area contributed by atoms with Gasteiger partial charge in [-0.25, -0.2) is 19.7 Å². The quantitative estimate of drug-likeness (QED) is 0.474. The molecule has 0 saturated carbocycles. The van der Waals surface area contributed by atoms with Crippen LogP contribution in [0.1, 0.15) is 10.6 Å². The van der Waals surface area contributed by atoms with Crippen LogP contribution in [-0.2, 0) is 18.0 Å². The molecule has 27 heavy (non-hydrogen) atoms. The van der Waals surface area contributed by atoms with Crippen molar-refractivity contribution in [2.45, 2.75) is 13.2 Å². The summed E-state index contributed by atoms with van der Waals surface area (Å²) in [6, 6.07) is 5.53. The van der Waals surface area contributed by atoms with Gasteiger partial charge >= 0.3 is 12.1 Å². The Labute approximate surface area is 157 Å². The molecule has 0 bridgehead atoms. The fourth-order valence-electron chi connectivity index (χ4n) is 1.97. The van der Waals surface area contributed by atoms with Gasteiger partial charge in [0, 0.05) is 24.2 Å². The van der Waals surface area contributed by atoms with E-state index in [1.54, 1.807) is 42.3 Å². The Balaban J connectivity index is 1.62. The summed E-state index contributed by atoms with van der Waals surface area (Å²) >= 11 is 1.49. The van der Waals surface area contributed by atoms with Gasteiger partial charge in [-0.05, 0) is 12.1 Å². The number of hydrogen-bond acceptors (Lipinski definition) is 8. The van der Waals surface area contributed by atoms with E-state index in [0.717, 1.165) is 4.88 Å². The summed E-state index contributed by atoms with van der Waals surface area (Å²) in [5.74, 6) is -0.364. The molecule has 3 heterocycles. The smallest absolute Gasteiger partial charge is 0.437 e. The molecule has 0 aliphatic heterocycles. The third kappa shape index (κ3) is 5.44. The predicted molar refractivity (Wildman–Crippen MR) is 97.7 cm³/mol. The van der Waals surface area contributed by atoms with Crippen molar-refractivity contribution in [3.63, 3.8) is 0 Å². The second-order valence-corrected chi connectivity index (χ2v) is 6.09. The molecule has 3 rings (SSSR count). The molecule has 0 saturated heterocycles. The maximum Gasteiger partial charge on any atom is 0.437 e. The van der Waals surface area contributed by atoms with Crippen molar-refractivity contribution in [1.82, 2.24) is 19.9 Å². The normalized spacial score (nSPS) is 10.2. The van der Waals surface area contributed by atoms with Crippen LogP contribution < -0.4 is 16.2 Å². The predicted octanol–water partition coefficient (Wildman–Crippen LogP) is 1.48. The average Bonchev–Trinajstić information content (AvgIpc) is 3.18. The first-order chi connectivity index (χ1) is 13.1. The maximum absolute atomic E-state index is 11.3. The molecule has 3 aromatic heterocycles. The highest BCUT2D eigenvalue weighted by atomic mass is 32.1. The van der Waals surface area contributed by atoms with Crippen LogP contribution >= 0.6 is 11.3 Å². The van der Waals surface area contributed by atoms with Crippen LogP contribution in [-0.4, -0.2) is 32.0 Å². The summed E-state index contributed by atoms with van der Waals surface area (Å²) in [6.45, 7) is 0.291. The number of nitrogens with two attached hydrogens (primary N) is 2. The van der Waals surface area contributed by atoms with Crippen molar-refractivity contribution in [3.05, 3.63) is 52.9 Å². The molecule has 0 atom stereocenters. The summed E-state index contributed by atoms with van der Waals surface area (Å²) in [5, 5.41) is 0. The first-order valence-electron chi connectivity index (χ1n) is 7.65. The number of thiazole rings is 1. The van der Waals surface area contributed by atoms with Crippen LogP contribution in [0.5, 0.6) is 6.01 Å². The standard InChI is InChI=1S/C16H15N7O3S/c17-14(18)23-16(24)26-7-11-2-1-3-13(22-11)10-4-20-15(21-5-10)25-8-12-6-19-9-27-12/h1-6,9H,7-8H2,(H4,17,18,23,24). The Morgan fingerprint density at radius 3 is 2.67 bits per heavy atom. The minimum Gasteiger partial charge on any atom is -0.458 e. The Hall–Kier alpha value is -3.60. The minimum absolute atomic E-state index is 0.0691. The van der Waals surface area contributed by atoms with E-state index >= 15 is 0 Å². The lowest BCUT2D eigenvalue weighted by atomic mass is 10.2. The van der Waals surface area contributed by atoms with E-state index in [9.17, 15) is 4.79 Å². The van der Waals surface area contributed by atoms with Gasteiger partial charge in [-0.15, -0.1) is 16.3 Å². The molecule has 0 radical (unpaired) electrons. The van der Waals surface area contributed by atoms with Crippen molar-refractivity contribution >= 4 is 23.4 Å². The van der Waals surface area contributed by atoms with Crippen molar-refractivity contribution in [3.8, 4) is 17.3 Å². The maximum atomic E-state index is 11.3. The van der Waals surface area contributed by atoms with Gasteiger partial charge in [0.2, 0.25) is 0 Å². The number of carbonyl (C=O) groups is 1. The Morgan fingerprint density at radius 1 is 1.15 bits per heavy atom. The van der Waals surface area contributed by atoms with Gasteiger partial charge in [0.25, 0.3) is 0 Å². The largest absolute Gasteiger partial charge is 0.458 e. The number of pyridine rings is 1. The number of hydrogen-bond donors (Lipinski definition) is 2. The number of ether oxygens (including phenoxy) is 2. The third-order valence-electron chi connectivity index (χ3n) is 3.12. The summed E-state index contributed by atoms with van der Waals surface area (Å²) in [4.78, 5) is 32.3. The fraction of sp³-hybridized carbons (Fsp3) is 0.125. The van der Waals surface area contributed by atoms with Crippen LogP contribution in [0.25, 0.3) is 11.3 Å². The van der Waals surface area contributed by atoms with Crippen LogP contribution in [0, 0.1) is 0 Å². The highest BCUT2D eigenvalue weighted by Gasteiger charge is 2.07. The van der Waals surface area contributed by atoms with Crippen molar-refractivity contribution in [2.24, 2.45) is 16.5 Å². The molecular weight excluding hydrogens is 370 g/mol.